The number of nitrogens with one attached hydrogen (secondary N) is 1. The summed E-state index contributed by atoms with van der Waals surface area (Å²) in [7, 11) is 1.81. The molecule has 0 saturated carbocycles. The maximum Gasteiger partial charge on any atom is 0.260 e. The number of aromatic nitrogens is 3. The Bertz CT molecular complexity index is 914. The highest BCUT2D eigenvalue weighted by Crippen LogP contribution is 2.32. The molecule has 1 fully saturated rings. The van der Waals surface area contributed by atoms with Crippen molar-refractivity contribution in [2.75, 3.05) is 18.5 Å². The van der Waals surface area contributed by atoms with E-state index in [-0.39, 0.29) is 11.8 Å². The van der Waals surface area contributed by atoms with E-state index in [0.29, 0.717) is 34.4 Å². The Hall–Kier alpha value is -1.96. The van der Waals surface area contributed by atoms with Crippen LogP contribution in [0.3, 0.4) is 0 Å². The largest absolute Gasteiger partial charge is 0.381 e. The first-order chi connectivity index (χ1) is 11.6. The molecule has 3 heterocycles. The first-order valence-corrected chi connectivity index (χ1v) is 8.79. The lowest BCUT2D eigenvalue weighted by Gasteiger charge is -2.06. The number of fused-ring (bicyclic) bond motifs is 1. The van der Waals surface area contributed by atoms with Crippen molar-refractivity contribution in [1.29, 1.82) is 0 Å². The number of carbonyl (C=O) groups excluding carboxylic acids is 1. The van der Waals surface area contributed by atoms with E-state index in [1.54, 1.807) is 16.9 Å². The molecule has 1 amide bonds. The molecule has 1 N–H and O–H groups in total. The minimum absolute atomic E-state index is 0.164. The molecule has 0 aliphatic carbocycles. The van der Waals surface area contributed by atoms with Crippen LogP contribution >= 0.6 is 22.9 Å². The molecule has 24 heavy (non-hydrogen) atoms. The zero-order valence-electron chi connectivity index (χ0n) is 13.0. The van der Waals surface area contributed by atoms with Gasteiger partial charge in [-0.1, -0.05) is 29.0 Å². The summed E-state index contributed by atoms with van der Waals surface area (Å²) in [4.78, 5) is 17.1. The molecule has 1 aliphatic heterocycles. The predicted octanol–water partition coefficient (Wildman–Crippen LogP) is 3.44. The van der Waals surface area contributed by atoms with E-state index in [9.17, 15) is 4.79 Å². The average Bonchev–Trinajstić information content (AvgIpc) is 3.25. The molecule has 0 radical (unpaired) electrons. The van der Waals surface area contributed by atoms with E-state index in [4.69, 9.17) is 16.3 Å². The van der Waals surface area contributed by atoms with Crippen molar-refractivity contribution < 1.29 is 9.53 Å². The molecule has 3 aromatic rings. The summed E-state index contributed by atoms with van der Waals surface area (Å²) in [5, 5.41) is 8.42. The number of nitrogens with zero attached hydrogens (tertiary/aromatic N) is 3. The lowest BCUT2D eigenvalue weighted by Crippen LogP contribution is -2.14. The van der Waals surface area contributed by atoms with Gasteiger partial charge in [0.1, 0.15) is 5.52 Å². The second-order valence-electron chi connectivity index (χ2n) is 5.72. The van der Waals surface area contributed by atoms with Crippen LogP contribution in [0.15, 0.2) is 24.4 Å². The van der Waals surface area contributed by atoms with Gasteiger partial charge in [-0.3, -0.25) is 14.8 Å². The maximum absolute atomic E-state index is 12.7. The third-order valence-electron chi connectivity index (χ3n) is 4.01. The van der Waals surface area contributed by atoms with Gasteiger partial charge in [-0.25, -0.2) is 4.98 Å². The van der Waals surface area contributed by atoms with Crippen molar-refractivity contribution in [3.05, 3.63) is 40.7 Å². The molecule has 6 nitrogen and oxygen atoms in total. The first kappa shape index (κ1) is 15.6. The summed E-state index contributed by atoms with van der Waals surface area (Å²) < 4.78 is 8.02. The van der Waals surface area contributed by atoms with Gasteiger partial charge in [0, 0.05) is 25.8 Å². The van der Waals surface area contributed by atoms with Gasteiger partial charge in [-0.15, -0.1) is 0 Å². The number of rotatable bonds is 3. The van der Waals surface area contributed by atoms with Crippen LogP contribution in [0, 0.1) is 0 Å². The van der Waals surface area contributed by atoms with Gasteiger partial charge in [-0.2, -0.15) is 5.10 Å². The van der Waals surface area contributed by atoms with Gasteiger partial charge in [0.05, 0.1) is 27.6 Å². The van der Waals surface area contributed by atoms with Gasteiger partial charge >= 0.3 is 0 Å². The van der Waals surface area contributed by atoms with E-state index in [1.165, 1.54) is 11.3 Å². The van der Waals surface area contributed by atoms with Crippen LogP contribution < -0.4 is 5.32 Å². The Kier molecular flexibility index (Phi) is 3.99. The smallest absolute Gasteiger partial charge is 0.260 e. The SMILES string of the molecule is Cn1cc(C(=O)Nc2nc3c(Cl)cccc3s2)c(C2CCOC2)n1. The van der Waals surface area contributed by atoms with Crippen LogP contribution in [-0.2, 0) is 11.8 Å². The molecule has 8 heteroatoms. The zero-order valence-corrected chi connectivity index (χ0v) is 14.5. The van der Waals surface area contributed by atoms with Gasteiger partial charge < -0.3 is 4.74 Å². The number of amides is 1. The third kappa shape index (κ3) is 2.79. The molecule has 0 bridgehead atoms. The predicted molar refractivity (Wildman–Crippen MR) is 94.0 cm³/mol. The summed E-state index contributed by atoms with van der Waals surface area (Å²) in [6.07, 6.45) is 2.62. The highest BCUT2D eigenvalue weighted by molar-refractivity contribution is 7.22. The van der Waals surface area contributed by atoms with Crippen molar-refractivity contribution in [3.63, 3.8) is 0 Å². The van der Waals surface area contributed by atoms with Crippen molar-refractivity contribution in [1.82, 2.24) is 14.8 Å². The minimum Gasteiger partial charge on any atom is -0.381 e. The maximum atomic E-state index is 12.7. The number of carbonyl (C=O) groups is 1. The van der Waals surface area contributed by atoms with Crippen LogP contribution in [0.5, 0.6) is 0 Å². The van der Waals surface area contributed by atoms with Gasteiger partial charge in [0.15, 0.2) is 5.13 Å². The number of halogens is 1. The second kappa shape index (κ2) is 6.16. The number of thiazole rings is 1. The average molecular weight is 363 g/mol. The highest BCUT2D eigenvalue weighted by atomic mass is 35.5. The highest BCUT2D eigenvalue weighted by Gasteiger charge is 2.27. The second-order valence-corrected chi connectivity index (χ2v) is 7.16. The van der Waals surface area contributed by atoms with Gasteiger partial charge in [-0.05, 0) is 18.6 Å². The lowest BCUT2D eigenvalue weighted by atomic mass is 10.0. The van der Waals surface area contributed by atoms with Crippen LogP contribution in [-0.4, -0.2) is 33.9 Å². The summed E-state index contributed by atoms with van der Waals surface area (Å²) in [6, 6.07) is 5.59. The molecule has 1 atom stereocenters. The van der Waals surface area contributed by atoms with E-state index in [0.717, 1.165) is 16.8 Å². The summed E-state index contributed by atoms with van der Waals surface area (Å²) in [5.41, 5.74) is 2.06. The van der Waals surface area contributed by atoms with Crippen molar-refractivity contribution in [2.45, 2.75) is 12.3 Å². The number of aryl methyl sites for hydroxylation is 1. The van der Waals surface area contributed by atoms with Crippen molar-refractivity contribution in [2.24, 2.45) is 7.05 Å². The summed E-state index contributed by atoms with van der Waals surface area (Å²) in [5.74, 6) is -0.0445. The summed E-state index contributed by atoms with van der Waals surface area (Å²) in [6.45, 7) is 1.31. The van der Waals surface area contributed by atoms with Crippen molar-refractivity contribution in [3.8, 4) is 0 Å². The molecule has 1 saturated heterocycles. The standard InChI is InChI=1S/C16H15ClN4O2S/c1-21-7-10(13(20-21)9-5-6-23-8-9)15(22)19-16-18-14-11(17)3-2-4-12(14)24-16/h2-4,7,9H,5-6,8H2,1H3,(H,18,19,22). The molecular weight excluding hydrogens is 348 g/mol. The monoisotopic (exact) mass is 362 g/mol. The zero-order chi connectivity index (χ0) is 16.7. The fourth-order valence-corrected chi connectivity index (χ4v) is 4.03. The molecule has 1 aromatic carbocycles. The van der Waals surface area contributed by atoms with Crippen LogP contribution in [0.1, 0.15) is 28.4 Å². The van der Waals surface area contributed by atoms with Crippen LogP contribution in [0.25, 0.3) is 10.2 Å². The van der Waals surface area contributed by atoms with Crippen LogP contribution in [0.2, 0.25) is 5.02 Å². The van der Waals surface area contributed by atoms with E-state index in [1.807, 2.05) is 19.2 Å². The molecule has 1 aliphatic rings. The molecule has 1 unspecified atom stereocenters. The number of anilines is 1. The number of benzene rings is 1. The first-order valence-electron chi connectivity index (χ1n) is 7.59. The topological polar surface area (TPSA) is 69.0 Å². The quantitative estimate of drug-likeness (QED) is 0.774. The van der Waals surface area contributed by atoms with Crippen molar-refractivity contribution >= 4 is 44.2 Å². The molecule has 2 aromatic heterocycles. The third-order valence-corrected chi connectivity index (χ3v) is 5.25. The molecule has 4 rings (SSSR count). The number of hydrogen-bond donors (Lipinski definition) is 1. The Labute approximate surface area is 147 Å². The Morgan fingerprint density at radius 2 is 2.38 bits per heavy atom. The Morgan fingerprint density at radius 3 is 3.12 bits per heavy atom. The fraction of sp³-hybridized carbons (Fsp3) is 0.312. The van der Waals surface area contributed by atoms with E-state index < -0.39 is 0 Å². The number of ether oxygens (including phenoxy) is 1. The van der Waals surface area contributed by atoms with E-state index >= 15 is 0 Å². The minimum atomic E-state index is -0.208. The summed E-state index contributed by atoms with van der Waals surface area (Å²) >= 11 is 7.54. The Morgan fingerprint density at radius 1 is 1.50 bits per heavy atom. The van der Waals surface area contributed by atoms with Gasteiger partial charge in [0.2, 0.25) is 0 Å². The fourth-order valence-electron chi connectivity index (χ4n) is 2.87. The normalized spacial score (nSPS) is 17.5. The molecule has 0 spiro atoms. The lowest BCUT2D eigenvalue weighted by molar-refractivity contribution is 0.102. The molecule has 124 valence electrons. The Balaban J connectivity index is 1.62. The molecular formula is C16H15ClN4O2S. The van der Waals surface area contributed by atoms with Gasteiger partial charge in [0.25, 0.3) is 5.91 Å². The van der Waals surface area contributed by atoms with Crippen LogP contribution in [0.4, 0.5) is 5.13 Å². The number of hydrogen-bond acceptors (Lipinski definition) is 5. The number of para-hydroxylation sites is 1. The van der Waals surface area contributed by atoms with E-state index in [2.05, 4.69) is 15.4 Å².